The maximum Gasteiger partial charge on any atom is 0.149 e. The SMILES string of the molecule is S=C(S)N(CN(C(=S)S)N1CCCC1)N1CCCC1. The molecule has 0 amide bonds. The lowest BCUT2D eigenvalue weighted by Crippen LogP contribution is -2.54. The van der Waals surface area contributed by atoms with Crippen LogP contribution >= 0.6 is 49.7 Å². The van der Waals surface area contributed by atoms with Gasteiger partial charge in [0.15, 0.2) is 0 Å². The van der Waals surface area contributed by atoms with Crippen molar-refractivity contribution in [3.05, 3.63) is 0 Å². The topological polar surface area (TPSA) is 13.0 Å². The fourth-order valence-corrected chi connectivity index (χ4v) is 3.28. The molecule has 0 aromatic heterocycles. The van der Waals surface area contributed by atoms with Crippen LogP contribution in [0.25, 0.3) is 0 Å². The molecule has 0 N–H and O–H groups in total. The second kappa shape index (κ2) is 7.42. The first kappa shape index (κ1) is 15.8. The number of nitrogens with zero attached hydrogens (tertiary/aromatic N) is 4. The van der Waals surface area contributed by atoms with E-state index in [2.05, 4.69) is 35.3 Å². The van der Waals surface area contributed by atoms with Gasteiger partial charge in [0, 0.05) is 26.2 Å². The third-order valence-electron chi connectivity index (χ3n) is 3.56. The van der Waals surface area contributed by atoms with E-state index in [0.717, 1.165) is 26.2 Å². The van der Waals surface area contributed by atoms with Crippen LogP contribution in [-0.2, 0) is 0 Å². The second-order valence-electron chi connectivity index (χ2n) is 4.83. The fraction of sp³-hybridized carbons (Fsp3) is 0.818. The van der Waals surface area contributed by atoms with E-state index in [0.29, 0.717) is 15.3 Å². The summed E-state index contributed by atoms with van der Waals surface area (Å²) in [5.41, 5.74) is 0. The van der Waals surface area contributed by atoms with E-state index >= 15 is 0 Å². The van der Waals surface area contributed by atoms with Gasteiger partial charge >= 0.3 is 0 Å². The molecule has 2 heterocycles. The first-order valence-electron chi connectivity index (χ1n) is 6.60. The van der Waals surface area contributed by atoms with Gasteiger partial charge in [-0.15, -0.1) is 25.3 Å². The second-order valence-corrected chi connectivity index (χ2v) is 7.05. The van der Waals surface area contributed by atoms with Crippen molar-refractivity contribution in [3.63, 3.8) is 0 Å². The molecule has 4 nitrogen and oxygen atoms in total. The van der Waals surface area contributed by atoms with Crippen molar-refractivity contribution in [3.8, 4) is 0 Å². The molecule has 2 aliphatic rings. The predicted molar refractivity (Wildman–Crippen MR) is 93.3 cm³/mol. The summed E-state index contributed by atoms with van der Waals surface area (Å²) in [4.78, 5) is 0. The van der Waals surface area contributed by atoms with Crippen molar-refractivity contribution < 1.29 is 0 Å². The van der Waals surface area contributed by atoms with E-state index in [-0.39, 0.29) is 0 Å². The summed E-state index contributed by atoms with van der Waals surface area (Å²) < 4.78 is 1.19. The molecule has 2 fully saturated rings. The van der Waals surface area contributed by atoms with Crippen LogP contribution in [0, 0.1) is 0 Å². The zero-order valence-electron chi connectivity index (χ0n) is 10.9. The van der Waals surface area contributed by atoms with Gasteiger partial charge in [0.25, 0.3) is 0 Å². The minimum absolute atomic E-state index is 0.593. The van der Waals surface area contributed by atoms with Gasteiger partial charge in [0.05, 0.1) is 0 Å². The molecule has 0 aromatic rings. The Morgan fingerprint density at radius 2 is 1.11 bits per heavy atom. The highest BCUT2D eigenvalue weighted by molar-refractivity contribution is 8.11. The van der Waals surface area contributed by atoms with Crippen molar-refractivity contribution in [1.82, 2.24) is 20.0 Å². The van der Waals surface area contributed by atoms with E-state index in [1.165, 1.54) is 25.7 Å². The summed E-state index contributed by atoms with van der Waals surface area (Å²) in [6.45, 7) is 4.76. The van der Waals surface area contributed by atoms with E-state index < -0.39 is 0 Å². The van der Waals surface area contributed by atoms with Crippen molar-refractivity contribution in [1.29, 1.82) is 0 Å². The Kier molecular flexibility index (Phi) is 6.16. The van der Waals surface area contributed by atoms with Gasteiger partial charge in [-0.05, 0) is 25.7 Å². The lowest BCUT2D eigenvalue weighted by molar-refractivity contribution is -0.0255. The van der Waals surface area contributed by atoms with Crippen LogP contribution in [0.3, 0.4) is 0 Å². The Bertz CT molecular complexity index is 308. The summed E-state index contributed by atoms with van der Waals surface area (Å²) in [6.07, 6.45) is 4.84. The van der Waals surface area contributed by atoms with Gasteiger partial charge in [-0.25, -0.2) is 10.0 Å². The molecular formula is C11H20N4S4. The largest absolute Gasteiger partial charge is 0.269 e. The Hall–Kier alpha value is 0.400. The van der Waals surface area contributed by atoms with E-state index in [1.54, 1.807) is 0 Å². The van der Waals surface area contributed by atoms with Crippen LogP contribution in [0.4, 0.5) is 0 Å². The molecule has 0 radical (unpaired) electrons. The van der Waals surface area contributed by atoms with Gasteiger partial charge < -0.3 is 0 Å². The minimum Gasteiger partial charge on any atom is -0.269 e. The standard InChI is InChI=1S/C11H20N4S4/c16-10(17)14(12-5-1-2-6-12)9-15(11(18)19)13-7-3-4-8-13/h1-9H2,(H,16,17)(H,18,19). The van der Waals surface area contributed by atoms with Crippen LogP contribution in [0.5, 0.6) is 0 Å². The molecule has 0 unspecified atom stereocenters. The van der Waals surface area contributed by atoms with Gasteiger partial charge in [0.2, 0.25) is 0 Å². The highest BCUT2D eigenvalue weighted by atomic mass is 32.1. The molecule has 2 saturated heterocycles. The van der Waals surface area contributed by atoms with E-state index in [1.807, 2.05) is 10.0 Å². The number of hydrazine groups is 2. The number of rotatable bonds is 4. The molecular weight excluding hydrogens is 316 g/mol. The number of hydrogen-bond donors (Lipinski definition) is 2. The Morgan fingerprint density at radius 3 is 1.37 bits per heavy atom. The Morgan fingerprint density at radius 1 is 0.789 bits per heavy atom. The molecule has 8 heteroatoms. The van der Waals surface area contributed by atoms with Crippen LogP contribution in [0.2, 0.25) is 0 Å². The van der Waals surface area contributed by atoms with E-state index in [9.17, 15) is 0 Å². The van der Waals surface area contributed by atoms with Gasteiger partial charge in [0.1, 0.15) is 15.3 Å². The first-order chi connectivity index (χ1) is 9.09. The molecule has 0 spiro atoms. The zero-order valence-corrected chi connectivity index (χ0v) is 14.3. The first-order valence-corrected chi connectivity index (χ1v) is 8.31. The molecule has 2 aliphatic heterocycles. The fourth-order valence-electron chi connectivity index (χ4n) is 2.55. The highest BCUT2D eigenvalue weighted by Gasteiger charge is 2.27. The third-order valence-corrected chi connectivity index (χ3v) is 4.44. The van der Waals surface area contributed by atoms with Gasteiger partial charge in [-0.3, -0.25) is 10.0 Å². The van der Waals surface area contributed by atoms with Crippen LogP contribution in [0.1, 0.15) is 25.7 Å². The molecule has 108 valence electrons. The lowest BCUT2D eigenvalue weighted by Gasteiger charge is -2.40. The maximum atomic E-state index is 5.27. The van der Waals surface area contributed by atoms with Crippen LogP contribution in [-0.4, -0.2) is 61.5 Å². The quantitative estimate of drug-likeness (QED) is 0.460. The normalized spacial score (nSPS) is 20.7. The zero-order chi connectivity index (χ0) is 13.8. The molecule has 0 saturated carbocycles. The number of hydrogen-bond acceptors (Lipinski definition) is 4. The average molecular weight is 337 g/mol. The maximum absolute atomic E-state index is 5.27. The monoisotopic (exact) mass is 336 g/mol. The predicted octanol–water partition coefficient (Wildman–Crippen LogP) is 2.00. The number of thiol groups is 2. The summed E-state index contributed by atoms with van der Waals surface area (Å²) in [5, 5.41) is 8.58. The molecule has 0 bridgehead atoms. The van der Waals surface area contributed by atoms with Crippen molar-refractivity contribution in [2.45, 2.75) is 25.7 Å². The smallest absolute Gasteiger partial charge is 0.149 e. The lowest BCUT2D eigenvalue weighted by atomic mass is 10.4. The van der Waals surface area contributed by atoms with E-state index in [4.69, 9.17) is 24.4 Å². The molecule has 2 rings (SSSR count). The van der Waals surface area contributed by atoms with Crippen LogP contribution in [0.15, 0.2) is 0 Å². The summed E-state index contributed by atoms with van der Waals surface area (Å²) >= 11 is 19.2. The average Bonchev–Trinajstić information content (AvgIpc) is 3.00. The minimum atomic E-state index is 0.593. The number of thiocarbonyl (C=S) groups is 2. The van der Waals surface area contributed by atoms with Crippen molar-refractivity contribution in [2.24, 2.45) is 0 Å². The van der Waals surface area contributed by atoms with Gasteiger partial charge in [-0.1, -0.05) is 24.4 Å². The molecule has 19 heavy (non-hydrogen) atoms. The Balaban J connectivity index is 2.03. The summed E-state index contributed by atoms with van der Waals surface area (Å²) in [7, 11) is 0. The molecule has 0 aromatic carbocycles. The highest BCUT2D eigenvalue weighted by Crippen LogP contribution is 2.18. The molecule has 0 aliphatic carbocycles. The third kappa shape index (κ3) is 4.18. The summed E-state index contributed by atoms with van der Waals surface area (Å²) in [5.74, 6) is 0. The Labute approximate surface area is 136 Å². The van der Waals surface area contributed by atoms with Crippen molar-refractivity contribution >= 4 is 58.3 Å². The van der Waals surface area contributed by atoms with Crippen LogP contribution < -0.4 is 0 Å². The molecule has 0 atom stereocenters. The summed E-state index contributed by atoms with van der Waals surface area (Å²) in [6, 6.07) is 0. The van der Waals surface area contributed by atoms with Crippen molar-refractivity contribution in [2.75, 3.05) is 32.8 Å². The van der Waals surface area contributed by atoms with Gasteiger partial charge in [-0.2, -0.15) is 0 Å².